The first-order valence-corrected chi connectivity index (χ1v) is 4.71. The number of hydrogen-bond donors (Lipinski definition) is 2. The maximum atomic E-state index is 9.89. The van der Waals surface area contributed by atoms with Crippen LogP contribution in [0.3, 0.4) is 0 Å². The zero-order chi connectivity index (χ0) is 10.9. The van der Waals surface area contributed by atoms with Crippen molar-refractivity contribution in [2.24, 2.45) is 5.92 Å². The van der Waals surface area contributed by atoms with Gasteiger partial charge < -0.3 is 10.2 Å². The van der Waals surface area contributed by atoms with Gasteiger partial charge in [-0.25, -0.2) is 0 Å². The molecule has 0 saturated carbocycles. The van der Waals surface area contributed by atoms with Crippen molar-refractivity contribution in [2.45, 2.75) is 46.6 Å². The first kappa shape index (κ1) is 15.1. The fourth-order valence-electron chi connectivity index (χ4n) is 0.500. The van der Waals surface area contributed by atoms with Gasteiger partial charge in [0.25, 0.3) is 0 Å². The van der Waals surface area contributed by atoms with Crippen LogP contribution in [-0.2, 0) is 4.79 Å². The van der Waals surface area contributed by atoms with Crippen molar-refractivity contribution in [3.63, 3.8) is 0 Å². The van der Waals surface area contributed by atoms with E-state index in [1.54, 1.807) is 0 Å². The Morgan fingerprint density at radius 1 is 1.31 bits per heavy atom. The lowest BCUT2D eigenvalue weighted by Gasteiger charge is -1.98. The van der Waals surface area contributed by atoms with Gasteiger partial charge in [0.2, 0.25) is 0 Å². The fraction of sp³-hybridized carbons (Fsp3) is 0.900. The average Bonchev–Trinajstić information content (AvgIpc) is 2.01. The van der Waals surface area contributed by atoms with Crippen LogP contribution in [0.4, 0.5) is 0 Å². The lowest BCUT2D eigenvalue weighted by molar-refractivity contribution is -0.124. The van der Waals surface area contributed by atoms with Gasteiger partial charge in [0.05, 0.1) is 0 Å². The van der Waals surface area contributed by atoms with E-state index >= 15 is 0 Å². The highest BCUT2D eigenvalue weighted by Gasteiger charge is 1.97. The van der Waals surface area contributed by atoms with Crippen molar-refractivity contribution in [3.05, 3.63) is 0 Å². The Hall–Kier alpha value is -0.410. The predicted molar refractivity (Wildman–Crippen MR) is 53.5 cm³/mol. The Bertz CT molecular complexity index is 119. The lowest BCUT2D eigenvalue weighted by Crippen LogP contribution is -2.10. The maximum absolute atomic E-state index is 9.89. The standard InChI is InChI=1S/C6H14O.C4H8O2/c1-6(2)4-3-5-7;1-3(5)4(2)6/h6-7H,3-5H2,1-2H3;3,5H,1-2H3. The second-order valence-corrected chi connectivity index (χ2v) is 3.55. The monoisotopic (exact) mass is 190 g/mol. The third-order valence-corrected chi connectivity index (χ3v) is 1.53. The van der Waals surface area contributed by atoms with Gasteiger partial charge in [0.1, 0.15) is 6.10 Å². The van der Waals surface area contributed by atoms with E-state index in [9.17, 15) is 4.79 Å². The molecule has 80 valence electrons. The summed E-state index contributed by atoms with van der Waals surface area (Å²) in [6, 6.07) is 0. The molecule has 1 unspecified atom stereocenters. The molecule has 0 rings (SSSR count). The second-order valence-electron chi connectivity index (χ2n) is 3.55. The number of ketones is 1. The summed E-state index contributed by atoms with van der Waals surface area (Å²) < 4.78 is 0. The molecule has 0 bridgehead atoms. The summed E-state index contributed by atoms with van der Waals surface area (Å²) in [4.78, 5) is 9.89. The lowest BCUT2D eigenvalue weighted by atomic mass is 10.1. The van der Waals surface area contributed by atoms with Gasteiger partial charge in [-0.3, -0.25) is 4.79 Å². The van der Waals surface area contributed by atoms with E-state index in [1.807, 2.05) is 0 Å². The fourth-order valence-corrected chi connectivity index (χ4v) is 0.500. The van der Waals surface area contributed by atoms with Crippen LogP contribution in [0.1, 0.15) is 40.5 Å². The number of carbonyl (C=O) groups is 1. The number of hydrogen-bond acceptors (Lipinski definition) is 3. The molecule has 0 fully saturated rings. The van der Waals surface area contributed by atoms with Crippen molar-refractivity contribution in [1.29, 1.82) is 0 Å². The molecule has 0 aromatic heterocycles. The van der Waals surface area contributed by atoms with Gasteiger partial charge in [-0.1, -0.05) is 13.8 Å². The average molecular weight is 190 g/mol. The zero-order valence-electron chi connectivity index (χ0n) is 9.08. The van der Waals surface area contributed by atoms with E-state index in [0.717, 1.165) is 18.8 Å². The largest absolute Gasteiger partial charge is 0.396 e. The minimum Gasteiger partial charge on any atom is -0.396 e. The van der Waals surface area contributed by atoms with Crippen LogP contribution in [0.15, 0.2) is 0 Å². The smallest absolute Gasteiger partial charge is 0.157 e. The summed E-state index contributed by atoms with van der Waals surface area (Å²) in [5.74, 6) is 0.558. The topological polar surface area (TPSA) is 57.5 Å². The molecule has 0 aliphatic rings. The third-order valence-electron chi connectivity index (χ3n) is 1.53. The molecule has 3 heteroatoms. The Morgan fingerprint density at radius 2 is 1.69 bits per heavy atom. The maximum Gasteiger partial charge on any atom is 0.157 e. The SMILES string of the molecule is CC(=O)C(C)O.CC(C)CCCO. The Labute approximate surface area is 80.8 Å². The van der Waals surface area contributed by atoms with Crippen molar-refractivity contribution in [3.8, 4) is 0 Å². The van der Waals surface area contributed by atoms with Crippen molar-refractivity contribution < 1.29 is 15.0 Å². The summed E-state index contributed by atoms with van der Waals surface area (Å²) in [6.45, 7) is 7.47. The number of carbonyl (C=O) groups excluding carboxylic acids is 1. The quantitative estimate of drug-likeness (QED) is 0.704. The number of aliphatic hydroxyl groups is 2. The van der Waals surface area contributed by atoms with E-state index in [0.29, 0.717) is 6.61 Å². The van der Waals surface area contributed by atoms with Gasteiger partial charge in [-0.15, -0.1) is 0 Å². The van der Waals surface area contributed by atoms with Crippen LogP contribution in [0.2, 0.25) is 0 Å². The molecule has 3 nitrogen and oxygen atoms in total. The molecule has 0 spiro atoms. The molecule has 0 amide bonds. The number of rotatable bonds is 4. The van der Waals surface area contributed by atoms with E-state index in [-0.39, 0.29) is 5.78 Å². The highest BCUT2D eigenvalue weighted by molar-refractivity contribution is 5.79. The van der Waals surface area contributed by atoms with Gasteiger partial charge in [-0.05, 0) is 32.6 Å². The van der Waals surface area contributed by atoms with Crippen LogP contribution in [0.5, 0.6) is 0 Å². The van der Waals surface area contributed by atoms with Crippen LogP contribution in [0.25, 0.3) is 0 Å². The minimum atomic E-state index is -0.787. The van der Waals surface area contributed by atoms with Gasteiger partial charge in [0.15, 0.2) is 5.78 Å². The first-order chi connectivity index (χ1) is 5.91. The van der Waals surface area contributed by atoms with E-state index in [4.69, 9.17) is 10.2 Å². The second kappa shape index (κ2) is 9.68. The summed E-state index contributed by atoms with van der Waals surface area (Å²) in [7, 11) is 0. The van der Waals surface area contributed by atoms with Gasteiger partial charge in [-0.2, -0.15) is 0 Å². The molecule has 13 heavy (non-hydrogen) atoms. The molecule has 0 aromatic carbocycles. The molecule has 0 radical (unpaired) electrons. The van der Waals surface area contributed by atoms with Crippen LogP contribution in [-0.4, -0.2) is 28.7 Å². The molecule has 0 aliphatic heterocycles. The normalized spacial score (nSPS) is 11.9. The molecular weight excluding hydrogens is 168 g/mol. The first-order valence-electron chi connectivity index (χ1n) is 4.71. The van der Waals surface area contributed by atoms with Crippen LogP contribution >= 0.6 is 0 Å². The molecule has 0 aliphatic carbocycles. The molecule has 1 atom stereocenters. The van der Waals surface area contributed by atoms with Crippen molar-refractivity contribution in [1.82, 2.24) is 0 Å². The van der Waals surface area contributed by atoms with Gasteiger partial charge >= 0.3 is 0 Å². The highest BCUT2D eigenvalue weighted by Crippen LogP contribution is 2.00. The summed E-state index contributed by atoms with van der Waals surface area (Å²) in [5.41, 5.74) is 0. The van der Waals surface area contributed by atoms with Gasteiger partial charge in [0, 0.05) is 6.61 Å². The predicted octanol–water partition coefficient (Wildman–Crippen LogP) is 1.37. The molecule has 0 heterocycles. The van der Waals surface area contributed by atoms with E-state index in [2.05, 4.69) is 13.8 Å². The van der Waals surface area contributed by atoms with E-state index < -0.39 is 6.10 Å². The zero-order valence-corrected chi connectivity index (χ0v) is 9.08. The molecule has 0 aromatic rings. The summed E-state index contributed by atoms with van der Waals surface area (Å²) in [5, 5.41) is 16.6. The highest BCUT2D eigenvalue weighted by atomic mass is 16.3. The summed E-state index contributed by atoms with van der Waals surface area (Å²) in [6.07, 6.45) is 1.32. The number of Topliss-reactive ketones (excluding diaryl/α,β-unsaturated/α-hetero) is 1. The van der Waals surface area contributed by atoms with E-state index in [1.165, 1.54) is 13.8 Å². The third kappa shape index (κ3) is 18.5. The minimum absolute atomic E-state index is 0.185. The van der Waals surface area contributed by atoms with Crippen LogP contribution < -0.4 is 0 Å². The Kier molecular flexibility index (Phi) is 11.2. The summed E-state index contributed by atoms with van der Waals surface area (Å²) >= 11 is 0. The Morgan fingerprint density at radius 3 is 1.77 bits per heavy atom. The molecular formula is C10H22O3. The van der Waals surface area contributed by atoms with Crippen molar-refractivity contribution >= 4 is 5.78 Å². The molecule has 2 N–H and O–H groups in total. The van der Waals surface area contributed by atoms with Crippen LogP contribution in [0, 0.1) is 5.92 Å². The Balaban J connectivity index is 0. The molecule has 0 saturated heterocycles. The number of aliphatic hydroxyl groups excluding tert-OH is 2. The van der Waals surface area contributed by atoms with Crippen molar-refractivity contribution in [2.75, 3.05) is 6.61 Å².